The number of hydrogen-bond donors (Lipinski definition) is 0. The highest BCUT2D eigenvalue weighted by molar-refractivity contribution is 5.98. The number of furan rings is 1. The molecule has 1 amide bonds. The summed E-state index contributed by atoms with van der Waals surface area (Å²) in [6.45, 7) is 4.49. The summed E-state index contributed by atoms with van der Waals surface area (Å²) in [6.07, 6.45) is 2.24. The molecule has 27 heavy (non-hydrogen) atoms. The number of benzene rings is 1. The van der Waals surface area contributed by atoms with Crippen LogP contribution in [0.1, 0.15) is 58.4 Å². The predicted molar refractivity (Wildman–Crippen MR) is 102 cm³/mol. The standard InChI is InChI=1S/C22H25NO4/c1-15(24)20-14-19(27-16(20)2)8-9-21(25)23-12-10-18(11-13-23)22(26)17-6-4-3-5-7-17/h3-7,14,18H,8-13H2,1-2H3. The minimum absolute atomic E-state index is 0.0118. The van der Waals surface area contributed by atoms with Crippen LogP contribution in [0.25, 0.3) is 0 Å². The molecular weight excluding hydrogens is 342 g/mol. The number of carbonyl (C=O) groups excluding carboxylic acids is 3. The first kappa shape index (κ1) is 19.1. The Kier molecular flexibility index (Phi) is 5.89. The molecule has 0 atom stereocenters. The Morgan fingerprint density at radius 1 is 1.11 bits per heavy atom. The van der Waals surface area contributed by atoms with E-state index in [1.807, 2.05) is 35.2 Å². The summed E-state index contributed by atoms with van der Waals surface area (Å²) in [7, 11) is 0. The molecule has 0 N–H and O–H groups in total. The van der Waals surface area contributed by atoms with Gasteiger partial charge in [0, 0.05) is 37.4 Å². The Morgan fingerprint density at radius 3 is 2.37 bits per heavy atom. The number of aryl methyl sites for hydroxylation is 2. The van der Waals surface area contributed by atoms with Gasteiger partial charge in [-0.3, -0.25) is 14.4 Å². The topological polar surface area (TPSA) is 67.6 Å². The molecule has 142 valence electrons. The van der Waals surface area contributed by atoms with Crippen LogP contribution in [0.3, 0.4) is 0 Å². The van der Waals surface area contributed by atoms with Crippen LogP contribution >= 0.6 is 0 Å². The number of nitrogens with zero attached hydrogens (tertiary/aromatic N) is 1. The minimum atomic E-state index is -0.0287. The van der Waals surface area contributed by atoms with Gasteiger partial charge in [-0.2, -0.15) is 0 Å². The average Bonchev–Trinajstić information content (AvgIpc) is 3.07. The summed E-state index contributed by atoms with van der Waals surface area (Å²) in [6, 6.07) is 11.1. The van der Waals surface area contributed by atoms with E-state index in [2.05, 4.69) is 0 Å². The molecule has 1 aliphatic rings. The maximum absolute atomic E-state index is 12.5. The van der Waals surface area contributed by atoms with Crippen LogP contribution in [0.5, 0.6) is 0 Å². The maximum atomic E-state index is 12.5. The van der Waals surface area contributed by atoms with E-state index in [0.29, 0.717) is 55.9 Å². The summed E-state index contributed by atoms with van der Waals surface area (Å²) in [5.74, 6) is 1.47. The van der Waals surface area contributed by atoms with Crippen molar-refractivity contribution in [2.75, 3.05) is 13.1 Å². The fourth-order valence-corrected chi connectivity index (χ4v) is 3.63. The highest BCUT2D eigenvalue weighted by atomic mass is 16.3. The van der Waals surface area contributed by atoms with Crippen LogP contribution in [0, 0.1) is 12.8 Å². The van der Waals surface area contributed by atoms with Gasteiger partial charge in [-0.25, -0.2) is 0 Å². The van der Waals surface area contributed by atoms with Crippen LogP contribution in [0.15, 0.2) is 40.8 Å². The van der Waals surface area contributed by atoms with E-state index in [4.69, 9.17) is 4.42 Å². The van der Waals surface area contributed by atoms with Gasteiger partial charge >= 0.3 is 0 Å². The molecule has 1 aliphatic heterocycles. The Bertz CT molecular complexity index is 829. The van der Waals surface area contributed by atoms with Crippen molar-refractivity contribution in [3.05, 3.63) is 59.0 Å². The van der Waals surface area contributed by atoms with Crippen molar-refractivity contribution < 1.29 is 18.8 Å². The van der Waals surface area contributed by atoms with Crippen molar-refractivity contribution in [2.45, 2.75) is 39.5 Å². The third-order valence-corrected chi connectivity index (χ3v) is 5.21. The van der Waals surface area contributed by atoms with Crippen LogP contribution in [-0.2, 0) is 11.2 Å². The Hall–Kier alpha value is -2.69. The molecule has 0 bridgehead atoms. The number of carbonyl (C=O) groups is 3. The zero-order valence-electron chi connectivity index (χ0n) is 15.9. The molecule has 1 saturated heterocycles. The molecule has 5 nitrogen and oxygen atoms in total. The second kappa shape index (κ2) is 8.33. The fourth-order valence-electron chi connectivity index (χ4n) is 3.63. The fraction of sp³-hybridized carbons (Fsp3) is 0.409. The molecule has 1 aromatic carbocycles. The van der Waals surface area contributed by atoms with Crippen molar-refractivity contribution in [1.82, 2.24) is 4.90 Å². The van der Waals surface area contributed by atoms with Gasteiger partial charge in [0.25, 0.3) is 0 Å². The minimum Gasteiger partial charge on any atom is -0.466 e. The quantitative estimate of drug-likeness (QED) is 0.728. The number of rotatable bonds is 6. The number of amides is 1. The maximum Gasteiger partial charge on any atom is 0.223 e. The number of hydrogen-bond acceptors (Lipinski definition) is 4. The number of likely N-dealkylation sites (tertiary alicyclic amines) is 1. The second-order valence-corrected chi connectivity index (χ2v) is 7.12. The molecule has 2 heterocycles. The summed E-state index contributed by atoms with van der Waals surface area (Å²) < 4.78 is 5.57. The molecule has 5 heteroatoms. The lowest BCUT2D eigenvalue weighted by Gasteiger charge is -2.31. The molecule has 0 spiro atoms. The third-order valence-electron chi connectivity index (χ3n) is 5.21. The molecular formula is C22H25NO4. The zero-order chi connectivity index (χ0) is 19.4. The molecule has 1 aromatic heterocycles. The van der Waals surface area contributed by atoms with Gasteiger partial charge in [0.15, 0.2) is 11.6 Å². The van der Waals surface area contributed by atoms with Gasteiger partial charge in [-0.1, -0.05) is 30.3 Å². The van der Waals surface area contributed by atoms with Crippen LogP contribution < -0.4 is 0 Å². The van der Waals surface area contributed by atoms with Gasteiger partial charge in [0.2, 0.25) is 5.91 Å². The second-order valence-electron chi connectivity index (χ2n) is 7.12. The molecule has 0 saturated carbocycles. The summed E-state index contributed by atoms with van der Waals surface area (Å²) in [5.41, 5.74) is 1.33. The van der Waals surface area contributed by atoms with E-state index >= 15 is 0 Å². The highest BCUT2D eigenvalue weighted by Gasteiger charge is 2.27. The first-order valence-corrected chi connectivity index (χ1v) is 9.43. The molecule has 0 aliphatic carbocycles. The van der Waals surface area contributed by atoms with E-state index in [1.165, 1.54) is 6.92 Å². The number of ketones is 2. The van der Waals surface area contributed by atoms with Crippen molar-refractivity contribution in [3.8, 4) is 0 Å². The molecule has 2 aromatic rings. The number of piperidine rings is 1. The predicted octanol–water partition coefficient (Wildman–Crippen LogP) is 3.84. The van der Waals surface area contributed by atoms with Gasteiger partial charge in [-0.15, -0.1) is 0 Å². The van der Waals surface area contributed by atoms with Crippen molar-refractivity contribution in [3.63, 3.8) is 0 Å². The van der Waals surface area contributed by atoms with Gasteiger partial charge in [0.1, 0.15) is 11.5 Å². The van der Waals surface area contributed by atoms with Gasteiger partial charge < -0.3 is 9.32 Å². The average molecular weight is 367 g/mol. The van der Waals surface area contributed by atoms with Crippen LogP contribution in [0.4, 0.5) is 0 Å². The molecule has 0 radical (unpaired) electrons. The number of Topliss-reactive ketones (excluding diaryl/α,β-unsaturated/α-hetero) is 2. The van der Waals surface area contributed by atoms with E-state index in [-0.39, 0.29) is 23.4 Å². The van der Waals surface area contributed by atoms with E-state index < -0.39 is 0 Å². The van der Waals surface area contributed by atoms with Crippen LogP contribution in [-0.4, -0.2) is 35.5 Å². The summed E-state index contributed by atoms with van der Waals surface area (Å²) in [5, 5.41) is 0. The van der Waals surface area contributed by atoms with E-state index in [9.17, 15) is 14.4 Å². The molecule has 1 fully saturated rings. The highest BCUT2D eigenvalue weighted by Crippen LogP contribution is 2.23. The monoisotopic (exact) mass is 367 g/mol. The lowest BCUT2D eigenvalue weighted by Crippen LogP contribution is -2.40. The Balaban J connectivity index is 1.49. The first-order valence-electron chi connectivity index (χ1n) is 9.43. The van der Waals surface area contributed by atoms with E-state index in [0.717, 1.165) is 5.56 Å². The first-order chi connectivity index (χ1) is 13.0. The van der Waals surface area contributed by atoms with Crippen LogP contribution in [0.2, 0.25) is 0 Å². The van der Waals surface area contributed by atoms with Crippen molar-refractivity contribution in [2.24, 2.45) is 5.92 Å². The van der Waals surface area contributed by atoms with Gasteiger partial charge in [-0.05, 0) is 32.8 Å². The van der Waals surface area contributed by atoms with Gasteiger partial charge in [0.05, 0.1) is 5.56 Å². The largest absolute Gasteiger partial charge is 0.466 e. The normalized spacial score (nSPS) is 15.0. The van der Waals surface area contributed by atoms with E-state index in [1.54, 1.807) is 13.0 Å². The Labute approximate surface area is 159 Å². The Morgan fingerprint density at radius 2 is 1.78 bits per heavy atom. The lowest BCUT2D eigenvalue weighted by molar-refractivity contribution is -0.132. The smallest absolute Gasteiger partial charge is 0.223 e. The van der Waals surface area contributed by atoms with Crippen molar-refractivity contribution in [1.29, 1.82) is 0 Å². The molecule has 3 rings (SSSR count). The SMILES string of the molecule is CC(=O)c1cc(CCC(=O)N2CCC(C(=O)c3ccccc3)CC2)oc1C. The zero-order valence-corrected chi connectivity index (χ0v) is 15.9. The van der Waals surface area contributed by atoms with Crippen molar-refractivity contribution >= 4 is 17.5 Å². The summed E-state index contributed by atoms with van der Waals surface area (Å²) >= 11 is 0. The lowest BCUT2D eigenvalue weighted by atomic mass is 9.89. The third kappa shape index (κ3) is 4.54. The summed E-state index contributed by atoms with van der Waals surface area (Å²) in [4.78, 5) is 38.3. The molecule has 0 unspecified atom stereocenters.